The summed E-state index contributed by atoms with van der Waals surface area (Å²) in [5.74, 6) is -0.534. The standard InChI is InChI=1S/C22H22FN3O2/c23-18-6-3-5-16(12-18)21(27)13-22(28)26-10-8-25(9-11-26)20-15-24-14-17-4-1-2-7-19(17)20/h1-7,12,14-15,21,27H,8-11,13H2. The van der Waals surface area contributed by atoms with Gasteiger partial charge in [0.05, 0.1) is 24.4 Å². The number of pyridine rings is 1. The van der Waals surface area contributed by atoms with Gasteiger partial charge < -0.3 is 14.9 Å². The molecule has 0 radical (unpaired) electrons. The van der Waals surface area contributed by atoms with Gasteiger partial charge in [-0.25, -0.2) is 4.39 Å². The van der Waals surface area contributed by atoms with Gasteiger partial charge in [-0.15, -0.1) is 0 Å². The fourth-order valence-corrected chi connectivity index (χ4v) is 3.68. The number of piperazine rings is 1. The Kier molecular flexibility index (Phi) is 5.21. The predicted molar refractivity (Wildman–Crippen MR) is 107 cm³/mol. The van der Waals surface area contributed by atoms with Gasteiger partial charge in [0.25, 0.3) is 0 Å². The van der Waals surface area contributed by atoms with Crippen molar-refractivity contribution < 1.29 is 14.3 Å². The van der Waals surface area contributed by atoms with Gasteiger partial charge in [-0.2, -0.15) is 0 Å². The van der Waals surface area contributed by atoms with Gasteiger partial charge in [-0.3, -0.25) is 9.78 Å². The number of anilines is 1. The maximum atomic E-state index is 13.3. The lowest BCUT2D eigenvalue weighted by Gasteiger charge is -2.36. The van der Waals surface area contributed by atoms with Gasteiger partial charge in [0.15, 0.2) is 0 Å². The Labute approximate surface area is 163 Å². The second-order valence-electron chi connectivity index (χ2n) is 7.02. The number of benzene rings is 2. The highest BCUT2D eigenvalue weighted by Gasteiger charge is 2.24. The summed E-state index contributed by atoms with van der Waals surface area (Å²) in [5.41, 5.74) is 1.50. The van der Waals surface area contributed by atoms with Crippen LogP contribution in [0, 0.1) is 5.82 Å². The molecule has 1 aromatic heterocycles. The Morgan fingerprint density at radius 2 is 1.86 bits per heavy atom. The van der Waals surface area contributed by atoms with E-state index in [0.29, 0.717) is 31.7 Å². The predicted octanol–water partition coefficient (Wildman–Crippen LogP) is 3.15. The maximum Gasteiger partial charge on any atom is 0.225 e. The summed E-state index contributed by atoms with van der Waals surface area (Å²) in [5, 5.41) is 12.5. The topological polar surface area (TPSA) is 56.7 Å². The number of aliphatic hydroxyl groups excluding tert-OH is 1. The van der Waals surface area contributed by atoms with E-state index in [4.69, 9.17) is 0 Å². The molecule has 28 heavy (non-hydrogen) atoms. The Hall–Kier alpha value is -2.99. The highest BCUT2D eigenvalue weighted by Crippen LogP contribution is 2.27. The summed E-state index contributed by atoms with van der Waals surface area (Å²) < 4.78 is 13.3. The molecule has 1 saturated heterocycles. The molecule has 1 N–H and O–H groups in total. The molecule has 2 heterocycles. The monoisotopic (exact) mass is 379 g/mol. The van der Waals surface area contributed by atoms with Gasteiger partial charge in [-0.1, -0.05) is 36.4 Å². The first-order valence-electron chi connectivity index (χ1n) is 9.41. The van der Waals surface area contributed by atoms with Gasteiger partial charge >= 0.3 is 0 Å². The lowest BCUT2D eigenvalue weighted by atomic mass is 10.1. The minimum absolute atomic E-state index is 0.0424. The SMILES string of the molecule is O=C(CC(O)c1cccc(F)c1)N1CCN(c2cncc3ccccc23)CC1. The molecule has 0 bridgehead atoms. The van der Waals surface area contributed by atoms with E-state index in [-0.39, 0.29) is 12.3 Å². The molecule has 1 aliphatic rings. The van der Waals surface area contributed by atoms with Crippen LogP contribution in [-0.4, -0.2) is 47.1 Å². The Morgan fingerprint density at radius 3 is 2.64 bits per heavy atom. The molecule has 6 heteroatoms. The summed E-state index contributed by atoms with van der Waals surface area (Å²) >= 11 is 0. The number of aromatic nitrogens is 1. The molecular weight excluding hydrogens is 357 g/mol. The summed E-state index contributed by atoms with van der Waals surface area (Å²) in [7, 11) is 0. The van der Waals surface area contributed by atoms with Crippen LogP contribution in [0.15, 0.2) is 60.9 Å². The number of aliphatic hydroxyl groups is 1. The molecule has 1 fully saturated rings. The molecule has 1 amide bonds. The van der Waals surface area contributed by atoms with Crippen LogP contribution in [-0.2, 0) is 4.79 Å². The van der Waals surface area contributed by atoms with E-state index in [1.807, 2.05) is 30.6 Å². The number of carbonyl (C=O) groups excluding carboxylic acids is 1. The van der Waals surface area contributed by atoms with Crippen molar-refractivity contribution >= 4 is 22.4 Å². The molecule has 144 valence electrons. The fourth-order valence-electron chi connectivity index (χ4n) is 3.68. The lowest BCUT2D eigenvalue weighted by Crippen LogP contribution is -2.49. The molecule has 3 aromatic rings. The molecule has 1 unspecified atom stereocenters. The van der Waals surface area contributed by atoms with Crippen molar-refractivity contribution in [2.24, 2.45) is 0 Å². The minimum atomic E-state index is -0.997. The summed E-state index contributed by atoms with van der Waals surface area (Å²) in [6, 6.07) is 13.9. The van der Waals surface area contributed by atoms with Gasteiger partial charge in [0, 0.05) is 43.1 Å². The normalized spacial score (nSPS) is 15.6. The number of hydrogen-bond donors (Lipinski definition) is 1. The quantitative estimate of drug-likeness (QED) is 0.757. The third-order valence-electron chi connectivity index (χ3n) is 5.22. The van der Waals surface area contributed by atoms with Crippen molar-refractivity contribution in [1.82, 2.24) is 9.88 Å². The third-order valence-corrected chi connectivity index (χ3v) is 5.22. The van der Waals surface area contributed by atoms with Crippen molar-refractivity contribution in [2.75, 3.05) is 31.1 Å². The van der Waals surface area contributed by atoms with Gasteiger partial charge in [-0.05, 0) is 17.7 Å². The van der Waals surface area contributed by atoms with Crippen molar-refractivity contribution in [1.29, 1.82) is 0 Å². The van der Waals surface area contributed by atoms with Gasteiger partial charge in [0.2, 0.25) is 5.91 Å². The van der Waals surface area contributed by atoms with Crippen LogP contribution in [0.1, 0.15) is 18.1 Å². The van der Waals surface area contributed by atoms with E-state index in [1.54, 1.807) is 11.0 Å². The molecule has 4 rings (SSSR count). The third kappa shape index (κ3) is 3.82. The summed E-state index contributed by atoms with van der Waals surface area (Å²) in [6.45, 7) is 2.57. The molecule has 1 aliphatic heterocycles. The molecule has 0 saturated carbocycles. The summed E-state index contributed by atoms with van der Waals surface area (Å²) in [6.07, 6.45) is 2.68. The van der Waals surface area contributed by atoms with E-state index in [2.05, 4.69) is 16.0 Å². The second-order valence-corrected chi connectivity index (χ2v) is 7.02. The molecule has 1 atom stereocenters. The smallest absolute Gasteiger partial charge is 0.225 e. The van der Waals surface area contributed by atoms with Crippen molar-refractivity contribution in [3.63, 3.8) is 0 Å². The Morgan fingerprint density at radius 1 is 1.07 bits per heavy atom. The number of halogens is 1. The van der Waals surface area contributed by atoms with Gasteiger partial charge in [0.1, 0.15) is 5.82 Å². The maximum absolute atomic E-state index is 13.3. The highest BCUT2D eigenvalue weighted by molar-refractivity contribution is 5.93. The van der Waals surface area contributed by atoms with Crippen molar-refractivity contribution in [3.05, 3.63) is 72.3 Å². The van der Waals surface area contributed by atoms with Crippen LogP contribution in [0.2, 0.25) is 0 Å². The number of amides is 1. The minimum Gasteiger partial charge on any atom is -0.388 e. The van der Waals surface area contributed by atoms with E-state index in [0.717, 1.165) is 16.5 Å². The van der Waals surface area contributed by atoms with Crippen LogP contribution >= 0.6 is 0 Å². The van der Waals surface area contributed by atoms with E-state index >= 15 is 0 Å². The van der Waals surface area contributed by atoms with Crippen molar-refractivity contribution in [3.8, 4) is 0 Å². The average molecular weight is 379 g/mol. The van der Waals surface area contributed by atoms with Crippen LogP contribution in [0.25, 0.3) is 10.8 Å². The highest BCUT2D eigenvalue weighted by atomic mass is 19.1. The molecule has 0 aliphatic carbocycles. The summed E-state index contributed by atoms with van der Waals surface area (Å²) in [4.78, 5) is 20.9. The lowest BCUT2D eigenvalue weighted by molar-refractivity contribution is -0.133. The molecule has 5 nitrogen and oxygen atoms in total. The fraction of sp³-hybridized carbons (Fsp3) is 0.273. The van der Waals surface area contributed by atoms with E-state index in [1.165, 1.54) is 18.2 Å². The first kappa shape index (κ1) is 18.4. The largest absolute Gasteiger partial charge is 0.388 e. The molecule has 0 spiro atoms. The Bertz CT molecular complexity index is 981. The Balaban J connectivity index is 1.39. The zero-order chi connectivity index (χ0) is 19.5. The zero-order valence-electron chi connectivity index (χ0n) is 15.5. The van der Waals surface area contributed by atoms with E-state index < -0.39 is 11.9 Å². The van der Waals surface area contributed by atoms with Crippen LogP contribution in [0.4, 0.5) is 10.1 Å². The van der Waals surface area contributed by atoms with Crippen LogP contribution in [0.3, 0.4) is 0 Å². The van der Waals surface area contributed by atoms with E-state index in [9.17, 15) is 14.3 Å². The zero-order valence-corrected chi connectivity index (χ0v) is 15.5. The number of nitrogens with zero attached hydrogens (tertiary/aromatic N) is 3. The van der Waals surface area contributed by atoms with Crippen molar-refractivity contribution in [2.45, 2.75) is 12.5 Å². The number of fused-ring (bicyclic) bond motifs is 1. The number of hydrogen-bond acceptors (Lipinski definition) is 4. The molecule has 2 aromatic carbocycles. The first-order valence-corrected chi connectivity index (χ1v) is 9.41. The second kappa shape index (κ2) is 7.94. The number of rotatable bonds is 4. The van der Waals surface area contributed by atoms with Crippen LogP contribution < -0.4 is 4.90 Å². The molecular formula is C22H22FN3O2. The first-order chi connectivity index (χ1) is 13.6. The van der Waals surface area contributed by atoms with Crippen LogP contribution in [0.5, 0.6) is 0 Å². The average Bonchev–Trinajstić information content (AvgIpc) is 2.73. The number of carbonyl (C=O) groups is 1.